The molecule has 1 N–H and O–H groups in total. The molecule has 2 aromatic rings. The van der Waals surface area contributed by atoms with Gasteiger partial charge in [0.25, 0.3) is 0 Å². The molecule has 2 aliphatic heterocycles. The van der Waals surface area contributed by atoms with Gasteiger partial charge in [-0.1, -0.05) is 0 Å². The number of nitrogens with zero attached hydrogens (tertiary/aromatic N) is 1. The summed E-state index contributed by atoms with van der Waals surface area (Å²) < 4.78 is 16.1. The lowest BCUT2D eigenvalue weighted by Gasteiger charge is -2.41. The molecule has 2 amide bonds. The minimum atomic E-state index is -0.518. The van der Waals surface area contributed by atoms with Gasteiger partial charge in [-0.15, -0.1) is 0 Å². The summed E-state index contributed by atoms with van der Waals surface area (Å²) in [5.41, 5.74) is 0.997. The Morgan fingerprint density at radius 1 is 1.36 bits per heavy atom. The number of ether oxygens (including phenoxy) is 2. The number of methoxy groups -OCH3 is 1. The molecule has 28 heavy (non-hydrogen) atoms. The molecule has 0 bridgehead atoms. The highest BCUT2D eigenvalue weighted by molar-refractivity contribution is 5.85. The molecule has 2 atom stereocenters. The van der Waals surface area contributed by atoms with E-state index in [0.29, 0.717) is 36.4 Å². The minimum absolute atomic E-state index is 0.0394. The molecular weight excluding hydrogens is 364 g/mol. The Kier molecular flexibility index (Phi) is 4.80. The Labute approximate surface area is 161 Å². The quantitative estimate of drug-likeness (QED) is 0.783. The number of nitrogens with one attached hydrogen (secondary N) is 1. The maximum atomic E-state index is 12.8. The molecule has 8 heteroatoms. The Morgan fingerprint density at radius 3 is 2.96 bits per heavy atom. The van der Waals surface area contributed by atoms with Gasteiger partial charge in [-0.25, -0.2) is 4.79 Å². The number of piperidine rings is 1. The highest BCUT2D eigenvalue weighted by Gasteiger charge is 2.36. The topological polar surface area (TPSA) is 98.1 Å². The van der Waals surface area contributed by atoms with Crippen molar-refractivity contribution in [3.05, 3.63) is 39.7 Å². The molecule has 8 nitrogen and oxygen atoms in total. The maximum Gasteiger partial charge on any atom is 0.340 e. The molecule has 1 aromatic heterocycles. The number of aryl methyl sites for hydroxylation is 1. The number of fused-ring (bicyclic) bond motifs is 2. The fourth-order valence-corrected chi connectivity index (χ4v) is 3.90. The van der Waals surface area contributed by atoms with Gasteiger partial charge in [0.05, 0.1) is 31.2 Å². The van der Waals surface area contributed by atoms with Crippen molar-refractivity contribution in [3.8, 4) is 5.75 Å². The summed E-state index contributed by atoms with van der Waals surface area (Å²) in [5, 5.41) is 3.65. The Balaban J connectivity index is 1.55. The van der Waals surface area contributed by atoms with Crippen molar-refractivity contribution < 1.29 is 23.5 Å². The summed E-state index contributed by atoms with van der Waals surface area (Å²) in [6.07, 6.45) is 0.550. The van der Waals surface area contributed by atoms with E-state index in [-0.39, 0.29) is 37.0 Å². The van der Waals surface area contributed by atoms with Crippen molar-refractivity contribution in [3.63, 3.8) is 0 Å². The molecule has 2 saturated heterocycles. The van der Waals surface area contributed by atoms with Crippen LogP contribution in [0.15, 0.2) is 27.4 Å². The largest absolute Gasteiger partial charge is 0.497 e. The van der Waals surface area contributed by atoms with Gasteiger partial charge >= 0.3 is 5.63 Å². The molecule has 2 aliphatic rings. The van der Waals surface area contributed by atoms with E-state index in [0.717, 1.165) is 10.9 Å². The second-order valence-electron chi connectivity index (χ2n) is 7.18. The van der Waals surface area contributed by atoms with Gasteiger partial charge in [0.15, 0.2) is 0 Å². The second-order valence-corrected chi connectivity index (χ2v) is 7.18. The Hall–Kier alpha value is -2.87. The van der Waals surface area contributed by atoms with Crippen LogP contribution in [0.1, 0.15) is 17.5 Å². The van der Waals surface area contributed by atoms with Gasteiger partial charge in [-0.3, -0.25) is 9.59 Å². The third kappa shape index (κ3) is 3.35. The number of hydrogen-bond donors (Lipinski definition) is 1. The van der Waals surface area contributed by atoms with Gasteiger partial charge in [0, 0.05) is 24.5 Å². The van der Waals surface area contributed by atoms with Gasteiger partial charge in [-0.2, -0.15) is 0 Å². The molecule has 0 aliphatic carbocycles. The zero-order chi connectivity index (χ0) is 19.8. The maximum absolute atomic E-state index is 12.8. The third-order valence-electron chi connectivity index (χ3n) is 5.50. The van der Waals surface area contributed by atoms with Crippen molar-refractivity contribution in [1.82, 2.24) is 10.2 Å². The van der Waals surface area contributed by atoms with Crippen molar-refractivity contribution in [1.29, 1.82) is 0 Å². The highest BCUT2D eigenvalue weighted by atomic mass is 16.5. The number of carbonyl (C=O) groups excluding carboxylic acids is 2. The minimum Gasteiger partial charge on any atom is -0.497 e. The predicted molar refractivity (Wildman–Crippen MR) is 100 cm³/mol. The summed E-state index contributed by atoms with van der Waals surface area (Å²) in [7, 11) is 1.54. The van der Waals surface area contributed by atoms with Crippen LogP contribution >= 0.6 is 0 Å². The molecule has 0 spiro atoms. The van der Waals surface area contributed by atoms with Gasteiger partial charge in [-0.05, 0) is 31.0 Å². The molecule has 1 aromatic carbocycles. The van der Waals surface area contributed by atoms with E-state index in [1.54, 1.807) is 24.1 Å². The average molecular weight is 386 g/mol. The van der Waals surface area contributed by atoms with E-state index in [9.17, 15) is 14.4 Å². The van der Waals surface area contributed by atoms with Gasteiger partial charge in [0.1, 0.15) is 17.9 Å². The lowest BCUT2D eigenvalue weighted by molar-refractivity contribution is -0.146. The SMILES string of the molecule is COc1ccc2c(C)c(CC(=O)N3CC[C@H]4OCC(=O)N[C@H]4C3)c(=O)oc2c1. The van der Waals surface area contributed by atoms with Crippen LogP contribution in [0.4, 0.5) is 0 Å². The molecular formula is C20H22N2O6. The monoisotopic (exact) mass is 386 g/mol. The Morgan fingerprint density at radius 2 is 2.18 bits per heavy atom. The van der Waals surface area contributed by atoms with Crippen molar-refractivity contribution >= 4 is 22.8 Å². The first-order valence-corrected chi connectivity index (χ1v) is 9.25. The van der Waals surface area contributed by atoms with Crippen LogP contribution in [0, 0.1) is 6.92 Å². The fourth-order valence-electron chi connectivity index (χ4n) is 3.90. The van der Waals surface area contributed by atoms with E-state index in [1.807, 2.05) is 13.0 Å². The lowest BCUT2D eigenvalue weighted by atomic mass is 9.98. The van der Waals surface area contributed by atoms with Crippen LogP contribution < -0.4 is 15.7 Å². The van der Waals surface area contributed by atoms with Gasteiger partial charge < -0.3 is 24.1 Å². The summed E-state index contributed by atoms with van der Waals surface area (Å²) in [4.78, 5) is 38.5. The number of rotatable bonds is 3. The van der Waals surface area contributed by atoms with Crippen LogP contribution in [0.25, 0.3) is 11.0 Å². The van der Waals surface area contributed by atoms with Crippen molar-refractivity contribution in [2.24, 2.45) is 0 Å². The summed E-state index contributed by atoms with van der Waals surface area (Å²) in [6.45, 7) is 2.79. The first-order valence-electron chi connectivity index (χ1n) is 9.25. The standard InChI is InChI=1S/C20H22N2O6/c1-11-13-4-3-12(26-2)7-17(13)28-20(25)14(11)8-19(24)22-6-5-16-15(9-22)21-18(23)10-27-16/h3-4,7,15-16H,5-6,8-10H2,1-2H3,(H,21,23)/t15-,16+/m0/s1. The first kappa shape index (κ1) is 18.5. The van der Waals surface area contributed by atoms with Crippen LogP contribution in [0.5, 0.6) is 5.75 Å². The third-order valence-corrected chi connectivity index (χ3v) is 5.50. The highest BCUT2D eigenvalue weighted by Crippen LogP contribution is 2.25. The van der Waals surface area contributed by atoms with E-state index >= 15 is 0 Å². The molecule has 0 unspecified atom stereocenters. The number of carbonyl (C=O) groups is 2. The van der Waals surface area contributed by atoms with Crippen molar-refractivity contribution in [2.45, 2.75) is 31.9 Å². The first-order chi connectivity index (χ1) is 13.5. The zero-order valence-corrected chi connectivity index (χ0v) is 15.8. The average Bonchev–Trinajstić information content (AvgIpc) is 2.69. The zero-order valence-electron chi connectivity index (χ0n) is 15.8. The van der Waals surface area contributed by atoms with E-state index in [4.69, 9.17) is 13.9 Å². The van der Waals surface area contributed by atoms with E-state index in [2.05, 4.69) is 5.32 Å². The molecule has 0 radical (unpaired) electrons. The Bertz CT molecular complexity index is 998. The van der Waals surface area contributed by atoms with E-state index < -0.39 is 5.63 Å². The van der Waals surface area contributed by atoms with E-state index in [1.165, 1.54) is 0 Å². The smallest absolute Gasteiger partial charge is 0.340 e. The van der Waals surface area contributed by atoms with Crippen molar-refractivity contribution in [2.75, 3.05) is 26.8 Å². The number of benzene rings is 1. The van der Waals surface area contributed by atoms with Crippen LogP contribution in [0.2, 0.25) is 0 Å². The predicted octanol–water partition coefficient (Wildman–Crippen LogP) is 0.768. The molecule has 148 valence electrons. The lowest BCUT2D eigenvalue weighted by Crippen LogP contribution is -2.61. The number of morpholine rings is 1. The number of hydrogen-bond acceptors (Lipinski definition) is 6. The summed E-state index contributed by atoms with van der Waals surface area (Å²) in [5.74, 6) is 0.261. The summed E-state index contributed by atoms with van der Waals surface area (Å²) >= 11 is 0. The normalized spacial score (nSPS) is 21.9. The second kappa shape index (κ2) is 7.27. The summed E-state index contributed by atoms with van der Waals surface area (Å²) in [6, 6.07) is 5.06. The van der Waals surface area contributed by atoms with Crippen LogP contribution in [0.3, 0.4) is 0 Å². The van der Waals surface area contributed by atoms with Gasteiger partial charge in [0.2, 0.25) is 11.8 Å². The molecule has 0 saturated carbocycles. The molecule has 4 rings (SSSR count). The van der Waals surface area contributed by atoms with Crippen LogP contribution in [-0.2, 0) is 20.7 Å². The molecule has 2 fully saturated rings. The number of amides is 2. The van der Waals surface area contributed by atoms with Crippen LogP contribution in [-0.4, -0.2) is 55.7 Å². The fraction of sp³-hybridized carbons (Fsp3) is 0.450. The number of likely N-dealkylation sites (tertiary alicyclic amines) is 1. The molecule has 3 heterocycles.